The lowest BCUT2D eigenvalue weighted by atomic mass is 9.97. The summed E-state index contributed by atoms with van der Waals surface area (Å²) >= 11 is 0. The van der Waals surface area contributed by atoms with Crippen LogP contribution in [0.1, 0.15) is 18.4 Å². The SMILES string of the molecule is COc1cc(CN2CCC(CN)CC2)cc(OC)c1. The Kier molecular flexibility index (Phi) is 5.05. The maximum absolute atomic E-state index is 5.73. The van der Waals surface area contributed by atoms with Gasteiger partial charge in [-0.05, 0) is 56.1 Å². The van der Waals surface area contributed by atoms with E-state index in [2.05, 4.69) is 17.0 Å². The van der Waals surface area contributed by atoms with Crippen molar-refractivity contribution in [3.05, 3.63) is 23.8 Å². The molecule has 2 rings (SSSR count). The number of hydrogen-bond donors (Lipinski definition) is 1. The van der Waals surface area contributed by atoms with Crippen LogP contribution in [0.2, 0.25) is 0 Å². The molecule has 2 N–H and O–H groups in total. The van der Waals surface area contributed by atoms with Gasteiger partial charge in [0.05, 0.1) is 14.2 Å². The van der Waals surface area contributed by atoms with Crippen molar-refractivity contribution in [1.29, 1.82) is 0 Å². The van der Waals surface area contributed by atoms with Crippen LogP contribution in [-0.4, -0.2) is 38.8 Å². The minimum atomic E-state index is 0.705. The number of nitrogens with zero attached hydrogens (tertiary/aromatic N) is 1. The lowest BCUT2D eigenvalue weighted by Gasteiger charge is -2.31. The van der Waals surface area contributed by atoms with Crippen molar-refractivity contribution in [1.82, 2.24) is 4.90 Å². The third kappa shape index (κ3) is 3.85. The molecule has 19 heavy (non-hydrogen) atoms. The second-order valence-electron chi connectivity index (χ2n) is 5.18. The van der Waals surface area contributed by atoms with Crippen LogP contribution in [0.4, 0.5) is 0 Å². The second kappa shape index (κ2) is 6.78. The number of benzene rings is 1. The molecule has 106 valence electrons. The molecule has 0 aromatic heterocycles. The van der Waals surface area contributed by atoms with E-state index in [0.29, 0.717) is 5.92 Å². The highest BCUT2D eigenvalue weighted by molar-refractivity contribution is 5.38. The molecule has 0 unspecified atom stereocenters. The Labute approximate surface area is 115 Å². The highest BCUT2D eigenvalue weighted by Crippen LogP contribution is 2.25. The van der Waals surface area contributed by atoms with Crippen LogP contribution < -0.4 is 15.2 Å². The molecule has 0 atom stereocenters. The summed E-state index contributed by atoms with van der Waals surface area (Å²) in [7, 11) is 3.37. The molecule has 4 nitrogen and oxygen atoms in total. The van der Waals surface area contributed by atoms with Crippen molar-refractivity contribution < 1.29 is 9.47 Å². The highest BCUT2D eigenvalue weighted by Gasteiger charge is 2.18. The van der Waals surface area contributed by atoms with E-state index in [9.17, 15) is 0 Å². The van der Waals surface area contributed by atoms with Crippen molar-refractivity contribution in [2.75, 3.05) is 33.9 Å². The van der Waals surface area contributed by atoms with E-state index < -0.39 is 0 Å². The van der Waals surface area contributed by atoms with E-state index in [1.807, 2.05) is 6.07 Å². The van der Waals surface area contributed by atoms with Gasteiger partial charge in [0.25, 0.3) is 0 Å². The monoisotopic (exact) mass is 264 g/mol. The predicted molar refractivity (Wildman–Crippen MR) is 76.6 cm³/mol. The van der Waals surface area contributed by atoms with E-state index in [1.54, 1.807) is 14.2 Å². The van der Waals surface area contributed by atoms with Gasteiger partial charge >= 0.3 is 0 Å². The number of nitrogens with two attached hydrogens (primary N) is 1. The third-order valence-corrected chi connectivity index (χ3v) is 3.86. The molecule has 0 aliphatic carbocycles. The fraction of sp³-hybridized carbons (Fsp3) is 0.600. The van der Waals surface area contributed by atoms with Gasteiger partial charge in [0, 0.05) is 12.6 Å². The zero-order valence-corrected chi connectivity index (χ0v) is 11.9. The lowest BCUT2D eigenvalue weighted by Crippen LogP contribution is -2.35. The van der Waals surface area contributed by atoms with Gasteiger partial charge in [-0.3, -0.25) is 4.90 Å². The first kappa shape index (κ1) is 14.2. The quantitative estimate of drug-likeness (QED) is 0.882. The molecule has 1 aromatic carbocycles. The molecule has 0 saturated carbocycles. The number of piperidine rings is 1. The molecule has 1 aromatic rings. The Hall–Kier alpha value is -1.26. The summed E-state index contributed by atoms with van der Waals surface area (Å²) in [6.07, 6.45) is 2.41. The smallest absolute Gasteiger partial charge is 0.122 e. The van der Waals surface area contributed by atoms with Crippen molar-refractivity contribution in [3.63, 3.8) is 0 Å². The number of rotatable bonds is 5. The number of hydrogen-bond acceptors (Lipinski definition) is 4. The summed E-state index contributed by atoms with van der Waals surface area (Å²) in [5, 5.41) is 0. The predicted octanol–water partition coefficient (Wildman–Crippen LogP) is 1.87. The number of likely N-dealkylation sites (tertiary alicyclic amines) is 1. The Morgan fingerprint density at radius 3 is 2.16 bits per heavy atom. The Balaban J connectivity index is 1.99. The van der Waals surface area contributed by atoms with Crippen molar-refractivity contribution in [2.45, 2.75) is 19.4 Å². The average molecular weight is 264 g/mol. The summed E-state index contributed by atoms with van der Waals surface area (Å²) in [5.74, 6) is 2.41. The molecule has 1 fully saturated rings. The van der Waals surface area contributed by atoms with E-state index in [0.717, 1.165) is 37.7 Å². The summed E-state index contributed by atoms with van der Waals surface area (Å²) in [6, 6.07) is 6.07. The maximum atomic E-state index is 5.73. The first-order valence-electron chi connectivity index (χ1n) is 6.89. The van der Waals surface area contributed by atoms with E-state index in [4.69, 9.17) is 15.2 Å². The second-order valence-corrected chi connectivity index (χ2v) is 5.18. The topological polar surface area (TPSA) is 47.7 Å². The normalized spacial score (nSPS) is 17.4. The van der Waals surface area contributed by atoms with Gasteiger partial charge in [-0.2, -0.15) is 0 Å². The minimum Gasteiger partial charge on any atom is -0.497 e. The molecule has 0 amide bonds. The summed E-state index contributed by atoms with van der Waals surface area (Å²) in [6.45, 7) is 4.02. The lowest BCUT2D eigenvalue weighted by molar-refractivity contribution is 0.180. The van der Waals surface area contributed by atoms with Gasteiger partial charge in [-0.15, -0.1) is 0 Å². The molecule has 0 spiro atoms. The zero-order valence-electron chi connectivity index (χ0n) is 11.9. The molecule has 4 heteroatoms. The molecule has 1 saturated heterocycles. The largest absolute Gasteiger partial charge is 0.497 e. The van der Waals surface area contributed by atoms with Crippen LogP contribution in [0.5, 0.6) is 11.5 Å². The fourth-order valence-corrected chi connectivity index (χ4v) is 2.60. The minimum absolute atomic E-state index is 0.705. The summed E-state index contributed by atoms with van der Waals surface area (Å²) in [4.78, 5) is 2.47. The van der Waals surface area contributed by atoms with Gasteiger partial charge in [-0.1, -0.05) is 0 Å². The highest BCUT2D eigenvalue weighted by atomic mass is 16.5. The van der Waals surface area contributed by atoms with E-state index in [-0.39, 0.29) is 0 Å². The molecule has 0 radical (unpaired) electrons. The van der Waals surface area contributed by atoms with Crippen LogP contribution >= 0.6 is 0 Å². The van der Waals surface area contributed by atoms with Crippen molar-refractivity contribution in [3.8, 4) is 11.5 Å². The van der Waals surface area contributed by atoms with Gasteiger partial charge < -0.3 is 15.2 Å². The van der Waals surface area contributed by atoms with Gasteiger partial charge in [-0.25, -0.2) is 0 Å². The zero-order chi connectivity index (χ0) is 13.7. The third-order valence-electron chi connectivity index (χ3n) is 3.86. The Morgan fingerprint density at radius 2 is 1.68 bits per heavy atom. The molecular weight excluding hydrogens is 240 g/mol. The Bertz CT molecular complexity index is 379. The van der Waals surface area contributed by atoms with E-state index >= 15 is 0 Å². The Morgan fingerprint density at radius 1 is 1.11 bits per heavy atom. The molecule has 0 bridgehead atoms. The fourth-order valence-electron chi connectivity index (χ4n) is 2.60. The van der Waals surface area contributed by atoms with Crippen LogP contribution in [0.3, 0.4) is 0 Å². The van der Waals surface area contributed by atoms with Crippen LogP contribution in [0.25, 0.3) is 0 Å². The number of methoxy groups -OCH3 is 2. The van der Waals surface area contributed by atoms with Crippen molar-refractivity contribution in [2.24, 2.45) is 11.7 Å². The molecular formula is C15H24N2O2. The van der Waals surface area contributed by atoms with Crippen LogP contribution in [-0.2, 0) is 6.54 Å². The molecule has 1 aliphatic rings. The molecule has 1 aliphatic heterocycles. The van der Waals surface area contributed by atoms with Gasteiger partial charge in [0.1, 0.15) is 11.5 Å². The molecule has 1 heterocycles. The average Bonchev–Trinajstić information content (AvgIpc) is 2.47. The first-order valence-corrected chi connectivity index (χ1v) is 6.89. The van der Waals surface area contributed by atoms with Crippen LogP contribution in [0, 0.1) is 5.92 Å². The van der Waals surface area contributed by atoms with E-state index in [1.165, 1.54) is 18.4 Å². The summed E-state index contributed by atoms with van der Waals surface area (Å²) in [5.41, 5.74) is 6.96. The number of ether oxygens (including phenoxy) is 2. The van der Waals surface area contributed by atoms with Gasteiger partial charge in [0.2, 0.25) is 0 Å². The van der Waals surface area contributed by atoms with Crippen LogP contribution in [0.15, 0.2) is 18.2 Å². The van der Waals surface area contributed by atoms with Gasteiger partial charge in [0.15, 0.2) is 0 Å². The first-order chi connectivity index (χ1) is 9.25. The summed E-state index contributed by atoms with van der Waals surface area (Å²) < 4.78 is 10.6. The standard InChI is InChI=1S/C15H24N2O2/c1-18-14-7-13(8-15(9-14)19-2)11-17-5-3-12(10-16)4-6-17/h7-9,12H,3-6,10-11,16H2,1-2H3. The van der Waals surface area contributed by atoms with Crippen molar-refractivity contribution >= 4 is 0 Å². The maximum Gasteiger partial charge on any atom is 0.122 e.